The summed E-state index contributed by atoms with van der Waals surface area (Å²) in [5.41, 5.74) is 0.216. The molecule has 4 aliphatic carbocycles. The minimum atomic E-state index is -0.707. The zero-order valence-electron chi connectivity index (χ0n) is 19.9. The molecule has 0 radical (unpaired) electrons. The lowest BCUT2D eigenvalue weighted by Gasteiger charge is -2.62. The van der Waals surface area contributed by atoms with Crippen molar-refractivity contribution in [2.24, 2.45) is 46.3 Å². The van der Waals surface area contributed by atoms with Crippen molar-refractivity contribution in [3.05, 3.63) is 0 Å². The highest BCUT2D eigenvalue weighted by Gasteiger charge is 2.63. The van der Waals surface area contributed by atoms with Gasteiger partial charge in [0.05, 0.1) is 12.2 Å². The summed E-state index contributed by atoms with van der Waals surface area (Å²) in [6.07, 6.45) is 9.26. The van der Waals surface area contributed by atoms with E-state index >= 15 is 0 Å². The number of fused-ring (bicyclic) bond motifs is 5. The third-order valence-electron chi connectivity index (χ3n) is 10.3. The van der Waals surface area contributed by atoms with Gasteiger partial charge in [0, 0.05) is 6.42 Å². The fourth-order valence-electron chi connectivity index (χ4n) is 8.71. The van der Waals surface area contributed by atoms with Gasteiger partial charge in [-0.2, -0.15) is 0 Å². The zero-order valence-corrected chi connectivity index (χ0v) is 19.9. The first-order valence-electron chi connectivity index (χ1n) is 12.8. The highest BCUT2D eigenvalue weighted by molar-refractivity contribution is 5.66. The lowest BCUT2D eigenvalue weighted by atomic mass is 9.43. The van der Waals surface area contributed by atoms with Gasteiger partial charge < -0.3 is 15.3 Å². The number of hydrogen-bond donors (Lipinski definition) is 3. The first kappa shape index (κ1) is 24.0. The Bertz CT molecular complexity index is 606. The van der Waals surface area contributed by atoms with Gasteiger partial charge in [-0.05, 0) is 104 Å². The molecule has 4 nitrogen and oxygen atoms in total. The summed E-state index contributed by atoms with van der Waals surface area (Å²) in [7, 11) is 0. The van der Waals surface area contributed by atoms with E-state index in [1.807, 2.05) is 13.8 Å². The number of carboxylic acids is 1. The lowest BCUT2D eigenvalue weighted by Crippen LogP contribution is -2.58. The molecule has 0 aromatic carbocycles. The van der Waals surface area contributed by atoms with Crippen molar-refractivity contribution in [1.82, 2.24) is 0 Å². The van der Waals surface area contributed by atoms with Crippen LogP contribution in [0.25, 0.3) is 0 Å². The quantitative estimate of drug-likeness (QED) is 0.559. The van der Waals surface area contributed by atoms with Gasteiger partial charge in [-0.3, -0.25) is 4.79 Å². The highest BCUT2D eigenvalue weighted by atomic mass is 16.4. The molecule has 0 aromatic heterocycles. The summed E-state index contributed by atoms with van der Waals surface area (Å²) in [5.74, 6) is 2.55. The minimum absolute atomic E-state index is 0.0591. The monoisotopic (exact) mass is 422 g/mol. The molecule has 4 fully saturated rings. The van der Waals surface area contributed by atoms with Crippen LogP contribution in [0.2, 0.25) is 0 Å². The van der Waals surface area contributed by atoms with E-state index in [9.17, 15) is 15.0 Å². The maximum absolute atomic E-state index is 11.5. The number of carbonyl (C=O) groups is 1. The molecule has 3 N–H and O–H groups in total. The Morgan fingerprint density at radius 1 is 1.00 bits per heavy atom. The zero-order chi connectivity index (χ0) is 22.3. The molecule has 0 spiro atoms. The van der Waals surface area contributed by atoms with Crippen LogP contribution < -0.4 is 0 Å². The van der Waals surface area contributed by atoms with E-state index in [2.05, 4.69) is 20.8 Å². The number of aliphatic carboxylic acids is 1. The summed E-state index contributed by atoms with van der Waals surface area (Å²) in [4.78, 5) is 11.1. The van der Waals surface area contributed by atoms with E-state index in [1.54, 1.807) is 0 Å². The topological polar surface area (TPSA) is 77.8 Å². The van der Waals surface area contributed by atoms with Crippen LogP contribution in [-0.4, -0.2) is 33.5 Å². The molecule has 0 aromatic rings. The summed E-state index contributed by atoms with van der Waals surface area (Å²) in [6, 6.07) is 0. The maximum atomic E-state index is 11.5. The molecule has 4 aliphatic rings. The molecule has 4 rings (SSSR count). The van der Waals surface area contributed by atoms with Gasteiger partial charge in [-0.1, -0.05) is 34.6 Å². The lowest BCUT2D eigenvalue weighted by molar-refractivity contribution is -0.175. The van der Waals surface area contributed by atoms with Gasteiger partial charge in [0.2, 0.25) is 0 Å². The molecule has 0 bridgehead atoms. The maximum Gasteiger partial charge on any atom is 0.303 e. The van der Waals surface area contributed by atoms with Gasteiger partial charge in [-0.15, -0.1) is 0 Å². The summed E-state index contributed by atoms with van der Waals surface area (Å²) < 4.78 is 0. The van der Waals surface area contributed by atoms with Crippen molar-refractivity contribution in [2.45, 2.75) is 111 Å². The van der Waals surface area contributed by atoms with Gasteiger partial charge in [0.25, 0.3) is 0 Å². The van der Waals surface area contributed by atoms with Crippen LogP contribution in [0.15, 0.2) is 0 Å². The van der Waals surface area contributed by atoms with Crippen LogP contribution in [0.1, 0.15) is 98.8 Å². The van der Waals surface area contributed by atoms with E-state index in [0.29, 0.717) is 35.5 Å². The Kier molecular flexibility index (Phi) is 7.29. The molecular weight excluding hydrogens is 376 g/mol. The van der Waals surface area contributed by atoms with Crippen LogP contribution in [0, 0.1) is 46.3 Å². The third kappa shape index (κ3) is 3.85. The standard InChI is InChI=1S/C24H40O4.C2H6/c1-14(4-9-22(27)28)18-7-8-19-17-6-5-15-12-16(25)10-11-23(15,2)20(17)13-21(26)24(18,19)3;1-2/h14-21,25-26H,4-13H2,1-3H3,(H,27,28);1-2H3/t14?,15?,16-,17?,18?,19?,20?,21+,23?,24?;/m1./s1. The van der Waals surface area contributed by atoms with Crippen molar-refractivity contribution in [2.75, 3.05) is 0 Å². The van der Waals surface area contributed by atoms with Crippen molar-refractivity contribution >= 4 is 5.97 Å². The van der Waals surface area contributed by atoms with Gasteiger partial charge in [-0.25, -0.2) is 0 Å². The second kappa shape index (κ2) is 9.10. The Morgan fingerprint density at radius 3 is 2.37 bits per heavy atom. The molecule has 4 saturated carbocycles. The van der Waals surface area contributed by atoms with Gasteiger partial charge >= 0.3 is 5.97 Å². The third-order valence-corrected chi connectivity index (χ3v) is 10.3. The number of rotatable bonds is 4. The first-order chi connectivity index (χ1) is 14.2. The van der Waals surface area contributed by atoms with E-state index in [1.165, 1.54) is 19.3 Å². The van der Waals surface area contributed by atoms with E-state index in [4.69, 9.17) is 5.11 Å². The van der Waals surface area contributed by atoms with Gasteiger partial charge in [0.15, 0.2) is 0 Å². The summed E-state index contributed by atoms with van der Waals surface area (Å²) in [6.45, 7) is 11.0. The molecule has 0 saturated heterocycles. The predicted octanol–water partition coefficient (Wildman–Crippen LogP) is 5.50. The normalized spacial score (nSPS) is 48.4. The van der Waals surface area contributed by atoms with Crippen LogP contribution in [0.4, 0.5) is 0 Å². The van der Waals surface area contributed by atoms with Gasteiger partial charge in [0.1, 0.15) is 0 Å². The molecule has 4 heteroatoms. The fourth-order valence-corrected chi connectivity index (χ4v) is 8.71. The molecule has 0 amide bonds. The Balaban J connectivity index is 0.00000124. The molecular formula is C26H46O4. The van der Waals surface area contributed by atoms with Crippen LogP contribution in [0.3, 0.4) is 0 Å². The Morgan fingerprint density at radius 2 is 1.70 bits per heavy atom. The van der Waals surface area contributed by atoms with E-state index in [-0.39, 0.29) is 29.5 Å². The van der Waals surface area contributed by atoms with E-state index < -0.39 is 5.97 Å². The number of hydrogen-bond acceptors (Lipinski definition) is 3. The number of carboxylic acid groups (broad SMARTS) is 1. The highest BCUT2D eigenvalue weighted by Crippen LogP contribution is 2.68. The minimum Gasteiger partial charge on any atom is -0.481 e. The second-order valence-corrected chi connectivity index (χ2v) is 11.3. The van der Waals surface area contributed by atoms with E-state index in [0.717, 1.165) is 38.5 Å². The fraction of sp³-hybridized carbons (Fsp3) is 0.962. The molecule has 8 unspecified atom stereocenters. The molecule has 0 heterocycles. The molecule has 174 valence electrons. The summed E-state index contributed by atoms with van der Waals surface area (Å²) in [5, 5.41) is 30.8. The first-order valence-corrected chi connectivity index (χ1v) is 12.8. The summed E-state index contributed by atoms with van der Waals surface area (Å²) >= 11 is 0. The average Bonchev–Trinajstić information content (AvgIpc) is 3.08. The molecule has 0 aliphatic heterocycles. The number of aliphatic hydroxyl groups excluding tert-OH is 2. The SMILES string of the molecule is CC.CC(CCC(=O)O)C1CCC2C3CCC4C[C@H](O)CCC4(C)C3C[C@H](O)C12C. The molecule has 10 atom stereocenters. The predicted molar refractivity (Wildman–Crippen MR) is 120 cm³/mol. The van der Waals surface area contributed by atoms with Crippen LogP contribution >= 0.6 is 0 Å². The largest absolute Gasteiger partial charge is 0.481 e. The average molecular weight is 423 g/mol. The van der Waals surface area contributed by atoms with Crippen LogP contribution in [-0.2, 0) is 4.79 Å². The van der Waals surface area contributed by atoms with Crippen molar-refractivity contribution in [3.8, 4) is 0 Å². The van der Waals surface area contributed by atoms with Crippen molar-refractivity contribution < 1.29 is 20.1 Å². The smallest absolute Gasteiger partial charge is 0.303 e. The van der Waals surface area contributed by atoms with Crippen LogP contribution in [0.5, 0.6) is 0 Å². The second-order valence-electron chi connectivity index (χ2n) is 11.3. The van der Waals surface area contributed by atoms with Crippen molar-refractivity contribution in [3.63, 3.8) is 0 Å². The molecule has 30 heavy (non-hydrogen) atoms. The Hall–Kier alpha value is -0.610. The Labute approximate surface area is 183 Å². The number of aliphatic hydroxyl groups is 2. The van der Waals surface area contributed by atoms with Crippen molar-refractivity contribution in [1.29, 1.82) is 0 Å².